The summed E-state index contributed by atoms with van der Waals surface area (Å²) in [6.45, 7) is 5.49. The summed E-state index contributed by atoms with van der Waals surface area (Å²) in [7, 11) is 0. The van der Waals surface area contributed by atoms with E-state index in [0.29, 0.717) is 49.2 Å². The first-order chi connectivity index (χ1) is 18.2. The zero-order chi connectivity index (χ0) is 27.0. The third-order valence-corrected chi connectivity index (χ3v) is 8.01. The normalized spacial score (nSPS) is 22.2. The molecule has 1 aromatic carbocycles. The minimum atomic E-state index is -0.680. The molecule has 0 amide bonds. The van der Waals surface area contributed by atoms with Crippen molar-refractivity contribution in [2.45, 2.75) is 58.3 Å². The Morgan fingerprint density at radius 3 is 2.76 bits per heavy atom. The molecular formula is C31H29FN4O2. The number of hydrogen-bond acceptors (Lipinski definition) is 6. The van der Waals surface area contributed by atoms with Gasteiger partial charge in [0.15, 0.2) is 11.6 Å². The Balaban J connectivity index is 1.71. The maximum Gasteiger partial charge on any atom is 0.176 e. The number of allylic oxidation sites excluding steroid dienone is 2. The fraction of sp³-hybridized carbons (Fsp3) is 0.355. The van der Waals surface area contributed by atoms with Crippen molar-refractivity contribution in [2.24, 2.45) is 11.8 Å². The van der Waals surface area contributed by atoms with Gasteiger partial charge in [-0.25, -0.2) is 14.4 Å². The summed E-state index contributed by atoms with van der Waals surface area (Å²) < 4.78 is 15.1. The Hall–Kier alpha value is -4.05. The molecule has 6 nitrogen and oxygen atoms in total. The van der Waals surface area contributed by atoms with Gasteiger partial charge in [0.25, 0.3) is 0 Å². The van der Waals surface area contributed by atoms with E-state index in [0.717, 1.165) is 22.5 Å². The molecule has 0 saturated heterocycles. The van der Waals surface area contributed by atoms with Crippen LogP contribution in [0.15, 0.2) is 54.2 Å². The number of halogens is 1. The third kappa shape index (κ3) is 4.45. The molecule has 7 heteroatoms. The van der Waals surface area contributed by atoms with Crippen molar-refractivity contribution in [2.75, 3.05) is 0 Å². The summed E-state index contributed by atoms with van der Waals surface area (Å²) in [5.74, 6) is -0.275. The van der Waals surface area contributed by atoms with Crippen LogP contribution in [0.2, 0.25) is 0 Å². The van der Waals surface area contributed by atoms with Gasteiger partial charge in [0.2, 0.25) is 0 Å². The van der Waals surface area contributed by atoms with Crippen LogP contribution in [0, 0.1) is 29.0 Å². The maximum absolute atomic E-state index is 15.1. The molecule has 0 fully saturated rings. The monoisotopic (exact) mass is 508 g/mol. The van der Waals surface area contributed by atoms with Crippen LogP contribution in [0.5, 0.6) is 0 Å². The van der Waals surface area contributed by atoms with Crippen molar-refractivity contribution in [1.82, 2.24) is 15.0 Å². The SMILES string of the molecule is CC(=O)CCCc1cc(-c2nc(-c3ccccc3F)c3c(n2)[C@]2(C)C=C(C#N)C(=O)[C@H](C)[C@H]2CC3)ccn1. The van der Waals surface area contributed by atoms with Gasteiger partial charge in [-0.3, -0.25) is 9.78 Å². The van der Waals surface area contributed by atoms with Gasteiger partial charge in [0, 0.05) is 46.3 Å². The molecule has 5 rings (SSSR count). The minimum absolute atomic E-state index is 0.0320. The van der Waals surface area contributed by atoms with Gasteiger partial charge in [0.1, 0.15) is 17.7 Å². The van der Waals surface area contributed by atoms with Crippen molar-refractivity contribution in [3.8, 4) is 28.7 Å². The molecule has 0 unspecified atom stereocenters. The number of ketones is 2. The molecule has 3 aromatic rings. The van der Waals surface area contributed by atoms with E-state index in [-0.39, 0.29) is 34.8 Å². The zero-order valence-electron chi connectivity index (χ0n) is 21.8. The Bertz CT molecular complexity index is 1520. The number of carbonyl (C=O) groups is 2. The Kier molecular flexibility index (Phi) is 6.75. The number of fused-ring (bicyclic) bond motifs is 3. The van der Waals surface area contributed by atoms with Crippen LogP contribution in [-0.2, 0) is 27.8 Å². The molecule has 0 bridgehead atoms. The number of benzene rings is 1. The van der Waals surface area contributed by atoms with E-state index in [1.807, 2.05) is 26.0 Å². The third-order valence-electron chi connectivity index (χ3n) is 8.01. The predicted molar refractivity (Wildman–Crippen MR) is 141 cm³/mol. The molecule has 3 atom stereocenters. The second-order valence-electron chi connectivity index (χ2n) is 10.5. The highest BCUT2D eigenvalue weighted by atomic mass is 19.1. The summed E-state index contributed by atoms with van der Waals surface area (Å²) in [5.41, 5.74) is 3.55. The van der Waals surface area contributed by atoms with Crippen molar-refractivity contribution in [1.29, 1.82) is 5.26 Å². The average molecular weight is 509 g/mol. The molecule has 2 aromatic heterocycles. The number of nitrogens with zero attached hydrogens (tertiary/aromatic N) is 4. The average Bonchev–Trinajstić information content (AvgIpc) is 2.90. The number of Topliss-reactive ketones (excluding diaryl/α,β-unsaturated/α-hetero) is 2. The number of rotatable bonds is 6. The first-order valence-corrected chi connectivity index (χ1v) is 13.0. The predicted octanol–water partition coefficient (Wildman–Crippen LogP) is 5.75. The Labute approximate surface area is 221 Å². The molecule has 192 valence electrons. The quantitative estimate of drug-likeness (QED) is 0.421. The largest absolute Gasteiger partial charge is 0.300 e. The van der Waals surface area contributed by atoms with Crippen molar-refractivity contribution in [3.05, 3.63) is 77.0 Å². The summed E-state index contributed by atoms with van der Waals surface area (Å²) in [6, 6.07) is 12.4. The highest BCUT2D eigenvalue weighted by molar-refractivity contribution is 6.02. The maximum atomic E-state index is 15.1. The van der Waals surface area contributed by atoms with Crippen LogP contribution in [0.4, 0.5) is 4.39 Å². The molecule has 0 spiro atoms. The summed E-state index contributed by atoms with van der Waals surface area (Å²) in [5, 5.41) is 9.72. The molecule has 2 aliphatic rings. The van der Waals surface area contributed by atoms with Gasteiger partial charge in [0.05, 0.1) is 17.0 Å². The van der Waals surface area contributed by atoms with Gasteiger partial charge in [-0.15, -0.1) is 0 Å². The van der Waals surface area contributed by atoms with Crippen LogP contribution in [0.1, 0.15) is 57.0 Å². The molecule has 0 aliphatic heterocycles. The fourth-order valence-corrected chi connectivity index (χ4v) is 6.05. The number of pyridine rings is 1. The van der Waals surface area contributed by atoms with Crippen LogP contribution >= 0.6 is 0 Å². The van der Waals surface area contributed by atoms with Gasteiger partial charge >= 0.3 is 0 Å². The van der Waals surface area contributed by atoms with Crippen molar-refractivity contribution >= 4 is 11.6 Å². The molecular weight excluding hydrogens is 479 g/mol. The van der Waals surface area contributed by atoms with Crippen molar-refractivity contribution < 1.29 is 14.0 Å². The number of nitriles is 1. The van der Waals surface area contributed by atoms with Gasteiger partial charge < -0.3 is 4.79 Å². The first-order valence-electron chi connectivity index (χ1n) is 13.0. The van der Waals surface area contributed by atoms with Crippen LogP contribution in [-0.4, -0.2) is 26.5 Å². The van der Waals surface area contributed by atoms with E-state index in [9.17, 15) is 14.9 Å². The smallest absolute Gasteiger partial charge is 0.176 e. The van der Waals surface area contributed by atoms with E-state index >= 15 is 4.39 Å². The number of hydrogen-bond donors (Lipinski definition) is 0. The Morgan fingerprint density at radius 1 is 1.24 bits per heavy atom. The van der Waals surface area contributed by atoms with Gasteiger partial charge in [-0.05, 0) is 62.8 Å². The summed E-state index contributed by atoms with van der Waals surface area (Å²) in [4.78, 5) is 38.6. The second-order valence-corrected chi connectivity index (χ2v) is 10.5. The van der Waals surface area contributed by atoms with Gasteiger partial charge in [-0.2, -0.15) is 5.26 Å². The zero-order valence-corrected chi connectivity index (χ0v) is 21.8. The lowest BCUT2D eigenvalue weighted by atomic mass is 9.57. The fourth-order valence-electron chi connectivity index (χ4n) is 6.05. The van der Waals surface area contributed by atoms with E-state index in [1.54, 1.807) is 37.4 Å². The highest BCUT2D eigenvalue weighted by Gasteiger charge is 2.49. The first kappa shape index (κ1) is 25.6. The van der Waals surface area contributed by atoms with Crippen LogP contribution < -0.4 is 0 Å². The number of carbonyl (C=O) groups excluding carboxylic acids is 2. The molecule has 0 saturated carbocycles. The summed E-state index contributed by atoms with van der Waals surface area (Å²) in [6.07, 6.45) is 6.62. The van der Waals surface area contributed by atoms with Crippen LogP contribution in [0.3, 0.4) is 0 Å². The number of aryl methyl sites for hydroxylation is 1. The second kappa shape index (κ2) is 10.0. The topological polar surface area (TPSA) is 96.6 Å². The lowest BCUT2D eigenvalue weighted by molar-refractivity contribution is -0.121. The Morgan fingerprint density at radius 2 is 2.03 bits per heavy atom. The summed E-state index contributed by atoms with van der Waals surface area (Å²) >= 11 is 0. The number of aromatic nitrogens is 3. The molecule has 38 heavy (non-hydrogen) atoms. The minimum Gasteiger partial charge on any atom is -0.300 e. The van der Waals surface area contributed by atoms with Crippen molar-refractivity contribution in [3.63, 3.8) is 0 Å². The van der Waals surface area contributed by atoms with E-state index < -0.39 is 5.41 Å². The standard InChI is InChI=1S/C31H29FN4O2/c1-18(37)7-6-8-22-15-20(13-14-34-22)30-35-27(23-9-4-5-10-26(23)32)24-11-12-25-19(2)28(38)21(17-33)16-31(25,3)29(24)36-30/h4-5,9-10,13-16,19,25H,6-8,11-12H2,1-3H3/t19-,25-,31-/m1/s1. The van der Waals surface area contributed by atoms with E-state index in [2.05, 4.69) is 11.1 Å². The van der Waals surface area contributed by atoms with Gasteiger partial charge in [-0.1, -0.05) is 32.1 Å². The van der Waals surface area contributed by atoms with E-state index in [1.165, 1.54) is 6.07 Å². The molecule has 0 radical (unpaired) electrons. The molecule has 0 N–H and O–H groups in total. The molecule has 2 aliphatic carbocycles. The molecule has 2 heterocycles. The van der Waals surface area contributed by atoms with Crippen LogP contribution in [0.25, 0.3) is 22.6 Å². The van der Waals surface area contributed by atoms with E-state index in [4.69, 9.17) is 9.97 Å². The lowest BCUT2D eigenvalue weighted by Gasteiger charge is -2.45. The highest BCUT2D eigenvalue weighted by Crippen LogP contribution is 2.51. The lowest BCUT2D eigenvalue weighted by Crippen LogP contribution is -2.46.